The minimum Gasteiger partial charge on any atom is -0.354 e. The van der Waals surface area contributed by atoms with Gasteiger partial charge in [0.05, 0.1) is 6.04 Å². The van der Waals surface area contributed by atoms with E-state index in [0.717, 1.165) is 32.4 Å². The molecule has 0 heterocycles. The van der Waals surface area contributed by atoms with Crippen LogP contribution in [0.2, 0.25) is 0 Å². The Morgan fingerprint density at radius 2 is 1.57 bits per heavy atom. The molecule has 0 spiro atoms. The van der Waals surface area contributed by atoms with E-state index in [1.54, 1.807) is 0 Å². The summed E-state index contributed by atoms with van der Waals surface area (Å²) in [6, 6.07) is 8.73. The number of hydrogen-bond acceptors (Lipinski definition) is 3. The Labute approximate surface area is 171 Å². The fourth-order valence-electron chi connectivity index (χ4n) is 3.33. The highest BCUT2D eigenvalue weighted by Crippen LogP contribution is 2.18. The number of nitrogens with one attached hydrogen (secondary N) is 1. The molecule has 1 aromatic carbocycles. The van der Waals surface area contributed by atoms with Gasteiger partial charge >= 0.3 is 0 Å². The predicted molar refractivity (Wildman–Crippen MR) is 116 cm³/mol. The van der Waals surface area contributed by atoms with Gasteiger partial charge in [0.2, 0.25) is 11.8 Å². The van der Waals surface area contributed by atoms with Crippen LogP contribution in [-0.2, 0) is 16.0 Å². The lowest BCUT2D eigenvalue weighted by Crippen LogP contribution is -2.35. The van der Waals surface area contributed by atoms with E-state index in [2.05, 4.69) is 55.3 Å². The van der Waals surface area contributed by atoms with Crippen molar-refractivity contribution in [2.45, 2.75) is 65.3 Å². The van der Waals surface area contributed by atoms with E-state index in [1.165, 1.54) is 11.1 Å². The number of benzene rings is 1. The summed E-state index contributed by atoms with van der Waals surface area (Å²) in [5, 5.41) is 3.04. The lowest BCUT2D eigenvalue weighted by molar-refractivity contribution is -0.131. The molecule has 1 atom stereocenters. The van der Waals surface area contributed by atoms with Crippen LogP contribution >= 0.6 is 0 Å². The molecular weight excluding hydrogens is 350 g/mol. The van der Waals surface area contributed by atoms with Crippen LogP contribution in [0.3, 0.4) is 0 Å². The van der Waals surface area contributed by atoms with E-state index in [4.69, 9.17) is 0 Å². The molecule has 5 nitrogen and oxygen atoms in total. The third-order valence-corrected chi connectivity index (χ3v) is 5.02. The first kappa shape index (κ1) is 24.2. The van der Waals surface area contributed by atoms with Crippen LogP contribution in [-0.4, -0.2) is 55.3 Å². The Morgan fingerprint density at radius 3 is 2.07 bits per heavy atom. The summed E-state index contributed by atoms with van der Waals surface area (Å²) >= 11 is 0. The minimum atomic E-state index is 0.0161. The molecule has 158 valence electrons. The lowest BCUT2D eigenvalue weighted by atomic mass is 10.0. The maximum atomic E-state index is 12.3. The summed E-state index contributed by atoms with van der Waals surface area (Å²) < 4.78 is 0. The third-order valence-electron chi connectivity index (χ3n) is 5.02. The van der Waals surface area contributed by atoms with Crippen molar-refractivity contribution in [2.75, 3.05) is 33.7 Å². The van der Waals surface area contributed by atoms with Crippen molar-refractivity contribution in [3.8, 4) is 0 Å². The second-order valence-corrected chi connectivity index (χ2v) is 7.61. The number of likely N-dealkylation sites (N-methyl/N-ethyl adjacent to an activating group) is 1. The van der Waals surface area contributed by atoms with Crippen LogP contribution in [0.4, 0.5) is 0 Å². The first-order valence-electron chi connectivity index (χ1n) is 10.7. The first-order valence-corrected chi connectivity index (χ1v) is 10.7. The van der Waals surface area contributed by atoms with Crippen molar-refractivity contribution in [1.29, 1.82) is 0 Å². The lowest BCUT2D eigenvalue weighted by Gasteiger charge is -2.25. The second kappa shape index (κ2) is 13.3. The van der Waals surface area contributed by atoms with Crippen LogP contribution in [0, 0.1) is 0 Å². The monoisotopic (exact) mass is 389 g/mol. The maximum absolute atomic E-state index is 12.3. The highest BCUT2D eigenvalue weighted by molar-refractivity contribution is 5.79. The molecule has 0 aliphatic rings. The SMILES string of the molecule is CCCN(CCC)C(=O)CCCC(=O)NCC(c1ccc(CC)cc1)N(C)C. The van der Waals surface area contributed by atoms with Crippen molar-refractivity contribution in [2.24, 2.45) is 0 Å². The molecule has 0 bridgehead atoms. The number of nitrogens with zero attached hydrogens (tertiary/aromatic N) is 2. The molecule has 5 heteroatoms. The topological polar surface area (TPSA) is 52.7 Å². The number of carbonyl (C=O) groups excluding carboxylic acids is 2. The average molecular weight is 390 g/mol. The van der Waals surface area contributed by atoms with Gasteiger partial charge in [-0.3, -0.25) is 9.59 Å². The normalized spacial score (nSPS) is 12.1. The van der Waals surface area contributed by atoms with Crippen LogP contribution < -0.4 is 5.32 Å². The summed E-state index contributed by atoms with van der Waals surface area (Å²) in [7, 11) is 4.05. The van der Waals surface area contributed by atoms with Crippen molar-refractivity contribution in [3.05, 3.63) is 35.4 Å². The summed E-state index contributed by atoms with van der Waals surface area (Å²) in [5.74, 6) is 0.182. The Kier molecular flexibility index (Phi) is 11.5. The molecule has 1 unspecified atom stereocenters. The van der Waals surface area contributed by atoms with E-state index < -0.39 is 0 Å². The molecule has 0 saturated carbocycles. The van der Waals surface area contributed by atoms with Gasteiger partial charge in [-0.15, -0.1) is 0 Å². The van der Waals surface area contributed by atoms with E-state index in [1.807, 2.05) is 19.0 Å². The van der Waals surface area contributed by atoms with Crippen LogP contribution in [0.15, 0.2) is 24.3 Å². The molecule has 28 heavy (non-hydrogen) atoms. The quantitative estimate of drug-likeness (QED) is 0.558. The molecule has 0 aliphatic heterocycles. The van der Waals surface area contributed by atoms with Gasteiger partial charge in [-0.25, -0.2) is 0 Å². The fraction of sp³-hybridized carbons (Fsp3) is 0.652. The van der Waals surface area contributed by atoms with Gasteiger partial charge < -0.3 is 15.1 Å². The van der Waals surface area contributed by atoms with Gasteiger partial charge in [0.1, 0.15) is 0 Å². The second-order valence-electron chi connectivity index (χ2n) is 7.61. The van der Waals surface area contributed by atoms with Crippen molar-refractivity contribution >= 4 is 11.8 Å². The van der Waals surface area contributed by atoms with Crippen molar-refractivity contribution in [3.63, 3.8) is 0 Å². The molecule has 1 rings (SSSR count). The number of rotatable bonds is 13. The van der Waals surface area contributed by atoms with Crippen molar-refractivity contribution in [1.82, 2.24) is 15.1 Å². The zero-order valence-corrected chi connectivity index (χ0v) is 18.5. The molecule has 1 N–H and O–H groups in total. The standard InChI is InChI=1S/C23H39N3O2/c1-6-16-26(17-7-2)23(28)11-9-10-22(27)24-18-21(25(4)5)20-14-12-19(8-3)13-15-20/h12-15,21H,6-11,16-18H2,1-5H3,(H,24,27). The van der Waals surface area contributed by atoms with Gasteiger partial charge in [-0.2, -0.15) is 0 Å². The highest BCUT2D eigenvalue weighted by Gasteiger charge is 2.16. The predicted octanol–water partition coefficient (Wildman–Crippen LogP) is 3.79. The molecule has 0 fully saturated rings. The third kappa shape index (κ3) is 8.42. The largest absolute Gasteiger partial charge is 0.354 e. The Morgan fingerprint density at radius 1 is 0.964 bits per heavy atom. The molecule has 0 saturated heterocycles. The van der Waals surface area contributed by atoms with Crippen LogP contribution in [0.1, 0.15) is 70.0 Å². The van der Waals surface area contributed by atoms with E-state index in [9.17, 15) is 9.59 Å². The Hall–Kier alpha value is -1.88. The van der Waals surface area contributed by atoms with Crippen LogP contribution in [0.5, 0.6) is 0 Å². The van der Waals surface area contributed by atoms with Gasteiger partial charge in [0.15, 0.2) is 0 Å². The van der Waals surface area contributed by atoms with Gasteiger partial charge in [0.25, 0.3) is 0 Å². The van der Waals surface area contributed by atoms with E-state index >= 15 is 0 Å². The molecule has 0 radical (unpaired) electrons. The zero-order valence-electron chi connectivity index (χ0n) is 18.5. The highest BCUT2D eigenvalue weighted by atomic mass is 16.2. The van der Waals surface area contributed by atoms with Crippen molar-refractivity contribution < 1.29 is 9.59 Å². The van der Waals surface area contributed by atoms with Gasteiger partial charge in [0, 0.05) is 32.5 Å². The molecule has 0 aliphatic carbocycles. The molecular formula is C23H39N3O2. The van der Waals surface area contributed by atoms with Gasteiger partial charge in [-0.1, -0.05) is 45.0 Å². The zero-order chi connectivity index (χ0) is 20.9. The number of hydrogen-bond donors (Lipinski definition) is 1. The molecule has 0 aromatic heterocycles. The van der Waals surface area contributed by atoms with Gasteiger partial charge in [-0.05, 0) is 50.9 Å². The Balaban J connectivity index is 2.45. The fourth-order valence-corrected chi connectivity index (χ4v) is 3.33. The summed E-state index contributed by atoms with van der Waals surface area (Å²) in [4.78, 5) is 28.6. The number of carbonyl (C=O) groups is 2. The smallest absolute Gasteiger partial charge is 0.222 e. The van der Waals surface area contributed by atoms with E-state index in [-0.39, 0.29) is 17.9 Å². The first-order chi connectivity index (χ1) is 13.4. The number of aryl methyl sites for hydroxylation is 1. The minimum absolute atomic E-state index is 0.0161. The summed E-state index contributed by atoms with van der Waals surface area (Å²) in [6.07, 6.45) is 4.41. The molecule has 2 amide bonds. The van der Waals surface area contributed by atoms with Crippen LogP contribution in [0.25, 0.3) is 0 Å². The average Bonchev–Trinajstić information content (AvgIpc) is 2.68. The number of amides is 2. The van der Waals surface area contributed by atoms with E-state index in [0.29, 0.717) is 25.8 Å². The maximum Gasteiger partial charge on any atom is 0.222 e. The summed E-state index contributed by atoms with van der Waals surface area (Å²) in [6.45, 7) is 8.50. The summed E-state index contributed by atoms with van der Waals surface area (Å²) in [5.41, 5.74) is 2.52. The Bertz CT molecular complexity index is 578. The molecule has 1 aromatic rings.